The Morgan fingerprint density at radius 3 is 1.90 bits per heavy atom. The zero-order valence-electron chi connectivity index (χ0n) is 11.8. The lowest BCUT2D eigenvalue weighted by Gasteiger charge is -2.22. The first-order valence-electron chi connectivity index (χ1n) is 5.99. The largest absolute Gasteiger partial charge is 0.397 e. The molecule has 0 aliphatic heterocycles. The molecule has 0 aromatic heterocycles. The Kier molecular flexibility index (Phi) is 4.92. The summed E-state index contributed by atoms with van der Waals surface area (Å²) in [7, 11) is -4.17. The van der Waals surface area contributed by atoms with Crippen molar-refractivity contribution in [3.8, 4) is 0 Å². The fraction of sp³-hybridized carbons (Fsp3) is 0.333. The van der Waals surface area contributed by atoms with E-state index in [1.165, 1.54) is 0 Å². The first-order valence-corrected chi connectivity index (χ1v) is 7.43. The van der Waals surface area contributed by atoms with E-state index in [1.54, 1.807) is 26.0 Å². The molecule has 0 saturated heterocycles. The van der Waals surface area contributed by atoms with E-state index < -0.39 is 34.9 Å². The normalized spacial score (nSPS) is 11.6. The van der Waals surface area contributed by atoms with E-state index in [1.807, 2.05) is 0 Å². The van der Waals surface area contributed by atoms with Crippen LogP contribution in [-0.4, -0.2) is 37.6 Å². The molecule has 0 fully saturated rings. The van der Waals surface area contributed by atoms with E-state index >= 15 is 0 Å². The minimum atomic E-state index is -4.17. The van der Waals surface area contributed by atoms with Crippen LogP contribution in [0.5, 0.6) is 0 Å². The van der Waals surface area contributed by atoms with Crippen molar-refractivity contribution in [2.24, 2.45) is 11.5 Å². The minimum Gasteiger partial charge on any atom is -0.397 e. The molecule has 1 aromatic carbocycles. The maximum Gasteiger partial charge on any atom is 0.246 e. The first-order chi connectivity index (χ1) is 9.57. The summed E-state index contributed by atoms with van der Waals surface area (Å²) in [6.45, 7) is 1.91. The summed E-state index contributed by atoms with van der Waals surface area (Å²) in [5.74, 6) is -1.80. The van der Waals surface area contributed by atoms with Gasteiger partial charge in [-0.3, -0.25) is 9.59 Å². The van der Waals surface area contributed by atoms with Crippen molar-refractivity contribution in [3.05, 3.63) is 23.3 Å². The highest BCUT2D eigenvalue weighted by Gasteiger charge is 2.31. The van der Waals surface area contributed by atoms with Gasteiger partial charge in [-0.25, -0.2) is 8.42 Å². The van der Waals surface area contributed by atoms with Crippen LogP contribution in [0.15, 0.2) is 17.0 Å². The quantitative estimate of drug-likeness (QED) is 0.566. The molecule has 0 aliphatic carbocycles. The molecule has 0 bridgehead atoms. The van der Waals surface area contributed by atoms with Crippen molar-refractivity contribution >= 4 is 27.5 Å². The Bertz CT molecular complexity index is 669. The number of sulfonamides is 1. The standard InChI is InChI=1S/C12H18N4O4S/c1-7-3-4-8(2)12(11(7)15)21(19,20)16(5-9(13)17)6-10(14)18/h3-4H,5-6,15H2,1-2H3,(H2,13,17)(H2,14,18). The van der Waals surface area contributed by atoms with Gasteiger partial charge >= 0.3 is 0 Å². The van der Waals surface area contributed by atoms with Crippen LogP contribution in [0.4, 0.5) is 5.69 Å². The van der Waals surface area contributed by atoms with Gasteiger partial charge in [0.05, 0.1) is 18.8 Å². The fourth-order valence-electron chi connectivity index (χ4n) is 1.85. The number of primary amides is 2. The highest BCUT2D eigenvalue weighted by Crippen LogP contribution is 2.28. The summed E-state index contributed by atoms with van der Waals surface area (Å²) in [6, 6.07) is 3.27. The van der Waals surface area contributed by atoms with Crippen molar-refractivity contribution < 1.29 is 18.0 Å². The SMILES string of the molecule is Cc1ccc(C)c(S(=O)(=O)N(CC(N)=O)CC(N)=O)c1N. The molecule has 0 saturated carbocycles. The van der Waals surface area contributed by atoms with Gasteiger partial charge in [0.25, 0.3) is 0 Å². The first kappa shape index (κ1) is 16.9. The van der Waals surface area contributed by atoms with E-state index in [0.29, 0.717) is 15.4 Å². The molecule has 0 atom stereocenters. The third kappa shape index (κ3) is 3.70. The molecule has 116 valence electrons. The Labute approximate surface area is 122 Å². The van der Waals surface area contributed by atoms with Crippen molar-refractivity contribution in [3.63, 3.8) is 0 Å². The monoisotopic (exact) mass is 314 g/mol. The topological polar surface area (TPSA) is 150 Å². The second-order valence-electron chi connectivity index (χ2n) is 4.65. The molecule has 0 aliphatic rings. The number of benzene rings is 1. The fourth-order valence-corrected chi connectivity index (χ4v) is 3.62. The number of aryl methyl sites for hydroxylation is 2. The minimum absolute atomic E-state index is 0.0638. The van der Waals surface area contributed by atoms with Crippen molar-refractivity contribution in [2.45, 2.75) is 18.7 Å². The molecule has 0 spiro atoms. The molecule has 1 rings (SSSR count). The molecule has 0 heterocycles. The van der Waals surface area contributed by atoms with Gasteiger partial charge in [-0.05, 0) is 25.0 Å². The molecule has 0 unspecified atom stereocenters. The Morgan fingerprint density at radius 1 is 1.05 bits per heavy atom. The summed E-state index contributed by atoms with van der Waals surface area (Å²) >= 11 is 0. The van der Waals surface area contributed by atoms with Gasteiger partial charge in [0.1, 0.15) is 4.90 Å². The second-order valence-corrected chi connectivity index (χ2v) is 6.52. The van der Waals surface area contributed by atoms with Crippen molar-refractivity contribution in [1.82, 2.24) is 4.31 Å². The van der Waals surface area contributed by atoms with Gasteiger partial charge in [-0.1, -0.05) is 12.1 Å². The van der Waals surface area contributed by atoms with Crippen LogP contribution in [0.3, 0.4) is 0 Å². The Balaban J connectivity index is 3.45. The summed E-state index contributed by atoms with van der Waals surface area (Å²) < 4.78 is 25.9. The van der Waals surface area contributed by atoms with Crippen LogP contribution >= 0.6 is 0 Å². The van der Waals surface area contributed by atoms with Crippen LogP contribution in [0.1, 0.15) is 11.1 Å². The van der Waals surface area contributed by atoms with Crippen molar-refractivity contribution in [1.29, 1.82) is 0 Å². The molecule has 1 aromatic rings. The number of carbonyl (C=O) groups excluding carboxylic acids is 2. The number of hydrogen-bond acceptors (Lipinski definition) is 5. The molecule has 9 heteroatoms. The van der Waals surface area contributed by atoms with Gasteiger partial charge in [0.2, 0.25) is 21.8 Å². The molecule has 2 amide bonds. The van der Waals surface area contributed by atoms with Crippen LogP contribution in [0, 0.1) is 13.8 Å². The summed E-state index contributed by atoms with van der Waals surface area (Å²) in [6.07, 6.45) is 0. The van der Waals surface area contributed by atoms with Crippen LogP contribution < -0.4 is 17.2 Å². The van der Waals surface area contributed by atoms with Crippen LogP contribution in [0.25, 0.3) is 0 Å². The number of rotatable bonds is 6. The molecule has 21 heavy (non-hydrogen) atoms. The lowest BCUT2D eigenvalue weighted by atomic mass is 10.1. The second kappa shape index (κ2) is 6.10. The number of carbonyl (C=O) groups is 2. The molecule has 8 nitrogen and oxygen atoms in total. The molecular weight excluding hydrogens is 296 g/mol. The van der Waals surface area contributed by atoms with E-state index in [9.17, 15) is 18.0 Å². The molecular formula is C12H18N4O4S. The van der Waals surface area contributed by atoms with Crippen LogP contribution in [0.2, 0.25) is 0 Å². The van der Waals surface area contributed by atoms with E-state index in [0.717, 1.165) is 0 Å². The smallest absolute Gasteiger partial charge is 0.246 e. The predicted octanol–water partition coefficient (Wildman–Crippen LogP) is -1.15. The number of hydrogen-bond donors (Lipinski definition) is 3. The number of nitrogen functional groups attached to an aromatic ring is 1. The average Bonchev–Trinajstić information content (AvgIpc) is 2.32. The third-order valence-electron chi connectivity index (χ3n) is 2.87. The third-order valence-corrected chi connectivity index (χ3v) is 4.87. The lowest BCUT2D eigenvalue weighted by Crippen LogP contribution is -2.43. The van der Waals surface area contributed by atoms with Crippen LogP contribution in [-0.2, 0) is 19.6 Å². The summed E-state index contributed by atoms with van der Waals surface area (Å²) in [5.41, 5.74) is 16.9. The molecule has 0 radical (unpaired) electrons. The zero-order valence-corrected chi connectivity index (χ0v) is 12.6. The predicted molar refractivity (Wildman–Crippen MR) is 77.5 cm³/mol. The van der Waals surface area contributed by atoms with Gasteiger partial charge in [-0.2, -0.15) is 4.31 Å². The maximum absolute atomic E-state index is 12.6. The van der Waals surface area contributed by atoms with E-state index in [2.05, 4.69) is 0 Å². The average molecular weight is 314 g/mol. The van der Waals surface area contributed by atoms with E-state index in [-0.39, 0.29) is 10.6 Å². The Hall–Kier alpha value is -2.13. The van der Waals surface area contributed by atoms with Gasteiger partial charge < -0.3 is 17.2 Å². The highest BCUT2D eigenvalue weighted by atomic mass is 32.2. The van der Waals surface area contributed by atoms with E-state index in [4.69, 9.17) is 17.2 Å². The van der Waals surface area contributed by atoms with Gasteiger partial charge in [0.15, 0.2) is 0 Å². The zero-order chi connectivity index (χ0) is 16.4. The van der Waals surface area contributed by atoms with Crippen molar-refractivity contribution in [2.75, 3.05) is 18.8 Å². The highest BCUT2D eigenvalue weighted by molar-refractivity contribution is 7.89. The maximum atomic E-state index is 12.6. The Morgan fingerprint density at radius 2 is 1.48 bits per heavy atom. The van der Waals surface area contributed by atoms with Gasteiger partial charge in [0, 0.05) is 0 Å². The summed E-state index contributed by atoms with van der Waals surface area (Å²) in [4.78, 5) is 21.9. The summed E-state index contributed by atoms with van der Waals surface area (Å²) in [5, 5.41) is 0. The lowest BCUT2D eigenvalue weighted by molar-refractivity contribution is -0.120. The number of nitrogens with zero attached hydrogens (tertiary/aromatic N) is 1. The molecule has 6 N–H and O–H groups in total. The number of anilines is 1. The van der Waals surface area contributed by atoms with Gasteiger partial charge in [-0.15, -0.1) is 0 Å². The number of amides is 2. The number of nitrogens with two attached hydrogens (primary N) is 3.